The van der Waals surface area contributed by atoms with Crippen LogP contribution in [0.5, 0.6) is 5.75 Å². The highest BCUT2D eigenvalue weighted by atomic mass is 16.5. The van der Waals surface area contributed by atoms with Crippen LogP contribution in [0.25, 0.3) is 0 Å². The lowest BCUT2D eigenvalue weighted by atomic mass is 10.2. The second kappa shape index (κ2) is 10.4. The molecule has 0 heterocycles. The molecule has 0 amide bonds. The van der Waals surface area contributed by atoms with Crippen LogP contribution < -0.4 is 10.1 Å². The lowest BCUT2D eigenvalue weighted by molar-refractivity contribution is 0.191. The molecule has 0 saturated carbocycles. The number of ether oxygens (including phenoxy) is 1. The van der Waals surface area contributed by atoms with E-state index in [0.29, 0.717) is 12.6 Å². The lowest BCUT2D eigenvalue weighted by Crippen LogP contribution is -2.34. The summed E-state index contributed by atoms with van der Waals surface area (Å²) in [5.41, 5.74) is 1.27. The summed E-state index contributed by atoms with van der Waals surface area (Å²) in [7, 11) is 0. The minimum Gasteiger partial charge on any atom is -0.492 e. The van der Waals surface area contributed by atoms with Gasteiger partial charge in [0.1, 0.15) is 12.4 Å². The molecular formula is C18H30N2O. The Morgan fingerprint density at radius 2 is 2.19 bits per heavy atom. The molecule has 0 bridgehead atoms. The first-order valence-corrected chi connectivity index (χ1v) is 7.94. The van der Waals surface area contributed by atoms with Crippen molar-refractivity contribution >= 4 is 0 Å². The Hall–Kier alpha value is -1.32. The van der Waals surface area contributed by atoms with Gasteiger partial charge in [-0.25, -0.2) is 0 Å². The highest BCUT2D eigenvalue weighted by Crippen LogP contribution is 2.13. The highest BCUT2D eigenvalue weighted by Gasteiger charge is 2.07. The molecule has 0 aliphatic rings. The Bertz CT molecular complexity index is 404. The van der Waals surface area contributed by atoms with Crippen molar-refractivity contribution in [2.75, 3.05) is 26.2 Å². The minimum absolute atomic E-state index is 0.510. The number of rotatable bonds is 11. The van der Waals surface area contributed by atoms with Gasteiger partial charge < -0.3 is 10.1 Å². The largest absolute Gasteiger partial charge is 0.492 e. The molecule has 1 rings (SSSR count). The topological polar surface area (TPSA) is 24.5 Å². The van der Waals surface area contributed by atoms with E-state index in [2.05, 4.69) is 55.8 Å². The summed E-state index contributed by atoms with van der Waals surface area (Å²) in [6.45, 7) is 14.9. The number of hydrogen-bond acceptors (Lipinski definition) is 3. The molecule has 0 aliphatic heterocycles. The van der Waals surface area contributed by atoms with Crippen LogP contribution in [0.3, 0.4) is 0 Å². The van der Waals surface area contributed by atoms with Crippen molar-refractivity contribution in [1.82, 2.24) is 10.2 Å². The molecule has 3 nitrogen and oxygen atoms in total. The number of benzene rings is 1. The van der Waals surface area contributed by atoms with E-state index in [9.17, 15) is 0 Å². The van der Waals surface area contributed by atoms with E-state index in [-0.39, 0.29) is 0 Å². The SMILES string of the molecule is C=CCN(CCOc1cccc(CNCCC)c1)C(C)C. The van der Waals surface area contributed by atoms with E-state index in [0.717, 1.165) is 38.3 Å². The fourth-order valence-electron chi connectivity index (χ4n) is 2.16. The molecule has 0 radical (unpaired) electrons. The van der Waals surface area contributed by atoms with E-state index < -0.39 is 0 Å². The van der Waals surface area contributed by atoms with Crippen molar-refractivity contribution in [2.24, 2.45) is 0 Å². The Labute approximate surface area is 130 Å². The molecule has 0 fully saturated rings. The third-order valence-corrected chi connectivity index (χ3v) is 3.40. The highest BCUT2D eigenvalue weighted by molar-refractivity contribution is 5.28. The molecule has 0 unspecified atom stereocenters. The Morgan fingerprint density at radius 3 is 2.86 bits per heavy atom. The van der Waals surface area contributed by atoms with Gasteiger partial charge in [-0.15, -0.1) is 6.58 Å². The van der Waals surface area contributed by atoms with Gasteiger partial charge in [-0.3, -0.25) is 4.90 Å². The van der Waals surface area contributed by atoms with Gasteiger partial charge >= 0.3 is 0 Å². The third kappa shape index (κ3) is 7.30. The van der Waals surface area contributed by atoms with Crippen LogP contribution in [-0.2, 0) is 6.54 Å². The first kappa shape index (κ1) is 17.7. The van der Waals surface area contributed by atoms with E-state index in [4.69, 9.17) is 4.74 Å². The molecule has 0 spiro atoms. The molecule has 0 aromatic heterocycles. The summed E-state index contributed by atoms with van der Waals surface area (Å²) >= 11 is 0. The zero-order valence-corrected chi connectivity index (χ0v) is 13.8. The second-order valence-electron chi connectivity index (χ2n) is 5.55. The molecule has 21 heavy (non-hydrogen) atoms. The van der Waals surface area contributed by atoms with Crippen LogP contribution in [0, 0.1) is 0 Å². The van der Waals surface area contributed by atoms with Gasteiger partial charge in [-0.1, -0.05) is 25.1 Å². The predicted octanol–water partition coefficient (Wildman–Crippen LogP) is 3.46. The van der Waals surface area contributed by atoms with Crippen LogP contribution in [0.4, 0.5) is 0 Å². The van der Waals surface area contributed by atoms with Gasteiger partial charge in [0.25, 0.3) is 0 Å². The zero-order valence-electron chi connectivity index (χ0n) is 13.8. The molecular weight excluding hydrogens is 260 g/mol. The lowest BCUT2D eigenvalue weighted by Gasteiger charge is -2.24. The average molecular weight is 290 g/mol. The molecule has 0 atom stereocenters. The maximum atomic E-state index is 5.88. The van der Waals surface area contributed by atoms with Crippen LogP contribution in [-0.4, -0.2) is 37.2 Å². The van der Waals surface area contributed by atoms with Gasteiger partial charge in [0, 0.05) is 25.7 Å². The van der Waals surface area contributed by atoms with E-state index >= 15 is 0 Å². The summed E-state index contributed by atoms with van der Waals surface area (Å²) in [5.74, 6) is 0.952. The average Bonchev–Trinajstić information content (AvgIpc) is 2.47. The van der Waals surface area contributed by atoms with Crippen LogP contribution in [0.2, 0.25) is 0 Å². The Balaban J connectivity index is 2.40. The zero-order chi connectivity index (χ0) is 15.5. The first-order chi connectivity index (χ1) is 10.2. The van der Waals surface area contributed by atoms with Gasteiger partial charge in [0.05, 0.1) is 0 Å². The van der Waals surface area contributed by atoms with Crippen molar-refractivity contribution in [3.8, 4) is 5.75 Å². The monoisotopic (exact) mass is 290 g/mol. The maximum absolute atomic E-state index is 5.88. The summed E-state index contributed by atoms with van der Waals surface area (Å²) in [5, 5.41) is 3.41. The molecule has 1 N–H and O–H groups in total. The normalized spacial score (nSPS) is 11.1. The fourth-order valence-corrected chi connectivity index (χ4v) is 2.16. The summed E-state index contributed by atoms with van der Waals surface area (Å²) in [4.78, 5) is 2.35. The van der Waals surface area contributed by atoms with Crippen LogP contribution >= 0.6 is 0 Å². The molecule has 3 heteroatoms. The van der Waals surface area contributed by atoms with Gasteiger partial charge in [-0.05, 0) is 44.5 Å². The van der Waals surface area contributed by atoms with Crippen LogP contribution in [0.1, 0.15) is 32.8 Å². The summed E-state index contributed by atoms with van der Waals surface area (Å²) < 4.78 is 5.88. The molecule has 1 aromatic rings. The second-order valence-corrected chi connectivity index (χ2v) is 5.55. The number of nitrogens with zero attached hydrogens (tertiary/aromatic N) is 1. The molecule has 0 aliphatic carbocycles. The van der Waals surface area contributed by atoms with Gasteiger partial charge in [0.15, 0.2) is 0 Å². The quantitative estimate of drug-likeness (QED) is 0.499. The molecule has 118 valence electrons. The molecule has 0 saturated heterocycles. The fraction of sp³-hybridized carbons (Fsp3) is 0.556. The predicted molar refractivity (Wildman–Crippen MR) is 90.8 cm³/mol. The third-order valence-electron chi connectivity index (χ3n) is 3.40. The van der Waals surface area contributed by atoms with Crippen molar-refractivity contribution < 1.29 is 4.74 Å². The minimum atomic E-state index is 0.510. The van der Waals surface area contributed by atoms with Gasteiger partial charge in [0.2, 0.25) is 0 Å². The summed E-state index contributed by atoms with van der Waals surface area (Å²) in [6, 6.07) is 8.85. The summed E-state index contributed by atoms with van der Waals surface area (Å²) in [6.07, 6.45) is 3.10. The van der Waals surface area contributed by atoms with Crippen molar-refractivity contribution in [3.05, 3.63) is 42.5 Å². The van der Waals surface area contributed by atoms with Crippen LogP contribution in [0.15, 0.2) is 36.9 Å². The Morgan fingerprint density at radius 1 is 1.38 bits per heavy atom. The standard InChI is InChI=1S/C18H30N2O/c1-5-10-19-15-17-8-7-9-18(14-17)21-13-12-20(11-6-2)16(3)4/h6-9,14,16,19H,2,5,10-13,15H2,1,3-4H3. The smallest absolute Gasteiger partial charge is 0.119 e. The van der Waals surface area contributed by atoms with Crippen molar-refractivity contribution in [1.29, 1.82) is 0 Å². The first-order valence-electron chi connectivity index (χ1n) is 7.94. The van der Waals surface area contributed by atoms with E-state index in [1.165, 1.54) is 5.56 Å². The van der Waals surface area contributed by atoms with E-state index in [1.807, 2.05) is 12.1 Å². The van der Waals surface area contributed by atoms with Crippen molar-refractivity contribution in [2.45, 2.75) is 39.8 Å². The number of nitrogens with one attached hydrogen (secondary N) is 1. The van der Waals surface area contributed by atoms with Gasteiger partial charge in [-0.2, -0.15) is 0 Å². The van der Waals surface area contributed by atoms with E-state index in [1.54, 1.807) is 0 Å². The van der Waals surface area contributed by atoms with Crippen molar-refractivity contribution in [3.63, 3.8) is 0 Å². The maximum Gasteiger partial charge on any atom is 0.119 e. The Kier molecular flexibility index (Phi) is 8.79. The molecule has 1 aromatic carbocycles. The number of hydrogen-bond donors (Lipinski definition) is 1.